The van der Waals surface area contributed by atoms with E-state index >= 15 is 0 Å². The van der Waals surface area contributed by atoms with Crippen LogP contribution < -0.4 is 5.32 Å². The average molecular weight is 288 g/mol. The van der Waals surface area contributed by atoms with Crippen LogP contribution in [0.4, 0.5) is 5.69 Å². The number of aryl methyl sites for hydroxylation is 1. The van der Waals surface area contributed by atoms with Crippen LogP contribution in [0.15, 0.2) is 26.7 Å². The summed E-state index contributed by atoms with van der Waals surface area (Å²) in [6, 6.07) is 4.23. The number of halogens is 1. The highest BCUT2D eigenvalue weighted by Gasteiger charge is 2.00. The molecule has 1 nitrogen and oxygen atoms in total. The Labute approximate surface area is 99.9 Å². The molecule has 0 saturated carbocycles. The highest BCUT2D eigenvalue weighted by Crippen LogP contribution is 2.24. The lowest BCUT2D eigenvalue weighted by Crippen LogP contribution is -1.96. The molecule has 0 spiro atoms. The van der Waals surface area contributed by atoms with E-state index in [0.717, 1.165) is 6.54 Å². The van der Waals surface area contributed by atoms with E-state index in [1.165, 1.54) is 19.9 Å². The van der Waals surface area contributed by atoms with E-state index in [1.54, 1.807) is 22.7 Å². The summed E-state index contributed by atoms with van der Waals surface area (Å²) in [7, 11) is 0. The van der Waals surface area contributed by atoms with Crippen molar-refractivity contribution in [1.29, 1.82) is 0 Å². The lowest BCUT2D eigenvalue weighted by Gasteiger charge is -2.02. The second-order valence-electron chi connectivity index (χ2n) is 3.03. The van der Waals surface area contributed by atoms with Crippen LogP contribution in [0.1, 0.15) is 10.4 Å². The summed E-state index contributed by atoms with van der Waals surface area (Å²) < 4.78 is 1.19. The SMILES string of the molecule is Cc1cscc1NCc1ccc(Br)s1. The molecule has 0 radical (unpaired) electrons. The zero-order chi connectivity index (χ0) is 9.97. The molecule has 0 saturated heterocycles. The van der Waals surface area contributed by atoms with Gasteiger partial charge in [0.05, 0.1) is 3.79 Å². The standard InChI is InChI=1S/C10H10BrNS2/c1-7-5-13-6-9(7)12-4-8-2-3-10(11)14-8/h2-3,5-6,12H,4H2,1H3. The molecule has 0 unspecified atom stereocenters. The highest BCUT2D eigenvalue weighted by molar-refractivity contribution is 9.11. The number of hydrogen-bond acceptors (Lipinski definition) is 3. The summed E-state index contributed by atoms with van der Waals surface area (Å²) in [4.78, 5) is 1.35. The molecule has 1 N–H and O–H groups in total. The molecule has 0 aliphatic carbocycles. The van der Waals surface area contributed by atoms with Crippen LogP contribution in [0, 0.1) is 6.92 Å². The van der Waals surface area contributed by atoms with Crippen molar-refractivity contribution in [2.45, 2.75) is 13.5 Å². The average Bonchev–Trinajstić information content (AvgIpc) is 2.72. The number of rotatable bonds is 3. The van der Waals surface area contributed by atoms with Gasteiger partial charge in [-0.1, -0.05) is 0 Å². The predicted octanol–water partition coefficient (Wildman–Crippen LogP) is 4.49. The van der Waals surface area contributed by atoms with Gasteiger partial charge in [0, 0.05) is 22.5 Å². The van der Waals surface area contributed by atoms with Crippen LogP contribution in [0.3, 0.4) is 0 Å². The third kappa shape index (κ3) is 2.38. The summed E-state index contributed by atoms with van der Waals surface area (Å²) in [6.07, 6.45) is 0. The normalized spacial score (nSPS) is 10.4. The Morgan fingerprint density at radius 3 is 2.79 bits per heavy atom. The van der Waals surface area contributed by atoms with E-state index in [1.807, 2.05) is 0 Å². The molecule has 0 amide bonds. The Kier molecular flexibility index (Phi) is 3.26. The minimum atomic E-state index is 0.911. The van der Waals surface area contributed by atoms with Crippen molar-refractivity contribution in [2.24, 2.45) is 0 Å². The fourth-order valence-corrected chi connectivity index (χ4v) is 3.40. The van der Waals surface area contributed by atoms with E-state index in [4.69, 9.17) is 0 Å². The molecule has 2 heterocycles. The second kappa shape index (κ2) is 4.47. The lowest BCUT2D eigenvalue weighted by atomic mass is 10.3. The smallest absolute Gasteiger partial charge is 0.0702 e. The van der Waals surface area contributed by atoms with Gasteiger partial charge in [-0.05, 0) is 45.9 Å². The van der Waals surface area contributed by atoms with Crippen LogP contribution in [0.2, 0.25) is 0 Å². The first-order valence-electron chi connectivity index (χ1n) is 4.26. The minimum Gasteiger partial charge on any atom is -0.379 e. The molecular weight excluding hydrogens is 278 g/mol. The van der Waals surface area contributed by atoms with Crippen molar-refractivity contribution in [3.8, 4) is 0 Å². The molecule has 0 aliphatic rings. The molecule has 0 bridgehead atoms. The third-order valence-electron chi connectivity index (χ3n) is 1.94. The molecular formula is C10H10BrNS2. The molecule has 0 fully saturated rings. The van der Waals surface area contributed by atoms with Gasteiger partial charge in [0.2, 0.25) is 0 Å². The van der Waals surface area contributed by atoms with Gasteiger partial charge in [-0.2, -0.15) is 0 Å². The predicted molar refractivity (Wildman–Crippen MR) is 68.4 cm³/mol. The first-order valence-corrected chi connectivity index (χ1v) is 6.82. The number of thiophene rings is 2. The summed E-state index contributed by atoms with van der Waals surface area (Å²) in [5.41, 5.74) is 2.57. The summed E-state index contributed by atoms with van der Waals surface area (Å²) in [6.45, 7) is 3.04. The van der Waals surface area contributed by atoms with Crippen LogP contribution in [0.5, 0.6) is 0 Å². The number of anilines is 1. The van der Waals surface area contributed by atoms with E-state index in [2.05, 4.69) is 51.1 Å². The molecule has 2 aromatic rings. The first kappa shape index (κ1) is 10.2. The fraction of sp³-hybridized carbons (Fsp3) is 0.200. The molecule has 4 heteroatoms. The first-order chi connectivity index (χ1) is 6.75. The maximum atomic E-state index is 3.46. The van der Waals surface area contributed by atoms with E-state index in [0.29, 0.717) is 0 Å². The van der Waals surface area contributed by atoms with Gasteiger partial charge in [0.1, 0.15) is 0 Å². The van der Waals surface area contributed by atoms with Crippen molar-refractivity contribution in [3.05, 3.63) is 37.1 Å². The Balaban J connectivity index is 1.98. The second-order valence-corrected chi connectivity index (χ2v) is 6.32. The van der Waals surface area contributed by atoms with Gasteiger partial charge in [-0.15, -0.1) is 22.7 Å². The van der Waals surface area contributed by atoms with Gasteiger partial charge >= 0.3 is 0 Å². The van der Waals surface area contributed by atoms with Gasteiger partial charge < -0.3 is 5.32 Å². The Bertz CT molecular complexity index is 419. The van der Waals surface area contributed by atoms with Gasteiger partial charge in [0.25, 0.3) is 0 Å². The van der Waals surface area contributed by atoms with E-state index < -0.39 is 0 Å². The molecule has 74 valence electrons. The third-order valence-corrected chi connectivity index (χ3v) is 4.42. The Morgan fingerprint density at radius 1 is 1.36 bits per heavy atom. The monoisotopic (exact) mass is 287 g/mol. The van der Waals surface area contributed by atoms with Crippen LogP contribution in [-0.4, -0.2) is 0 Å². The molecule has 0 atom stereocenters. The minimum absolute atomic E-state index is 0.911. The van der Waals surface area contributed by atoms with Crippen molar-refractivity contribution < 1.29 is 0 Å². The van der Waals surface area contributed by atoms with Crippen molar-refractivity contribution >= 4 is 44.3 Å². The van der Waals surface area contributed by atoms with E-state index in [9.17, 15) is 0 Å². The van der Waals surface area contributed by atoms with Crippen LogP contribution in [0.25, 0.3) is 0 Å². The Hall–Kier alpha value is -0.320. The summed E-state index contributed by atoms with van der Waals surface area (Å²) >= 11 is 6.97. The zero-order valence-electron chi connectivity index (χ0n) is 7.71. The quantitative estimate of drug-likeness (QED) is 0.877. The number of nitrogens with one attached hydrogen (secondary N) is 1. The van der Waals surface area contributed by atoms with E-state index in [-0.39, 0.29) is 0 Å². The van der Waals surface area contributed by atoms with Crippen molar-refractivity contribution in [3.63, 3.8) is 0 Å². The maximum Gasteiger partial charge on any atom is 0.0702 e. The summed E-state index contributed by atoms with van der Waals surface area (Å²) in [5, 5.41) is 7.73. The molecule has 2 rings (SSSR count). The van der Waals surface area contributed by atoms with Crippen LogP contribution in [-0.2, 0) is 6.54 Å². The molecule has 0 aliphatic heterocycles. The van der Waals surface area contributed by atoms with Crippen molar-refractivity contribution in [2.75, 3.05) is 5.32 Å². The van der Waals surface area contributed by atoms with Gasteiger partial charge in [0.15, 0.2) is 0 Å². The zero-order valence-corrected chi connectivity index (χ0v) is 10.9. The lowest BCUT2D eigenvalue weighted by molar-refractivity contribution is 1.19. The topological polar surface area (TPSA) is 12.0 Å². The maximum absolute atomic E-state index is 3.46. The molecule has 2 aromatic heterocycles. The fourth-order valence-electron chi connectivity index (χ4n) is 1.17. The van der Waals surface area contributed by atoms with Gasteiger partial charge in [-0.25, -0.2) is 0 Å². The van der Waals surface area contributed by atoms with Crippen molar-refractivity contribution in [1.82, 2.24) is 0 Å². The largest absolute Gasteiger partial charge is 0.379 e. The molecule has 0 aromatic carbocycles. The molecule has 14 heavy (non-hydrogen) atoms. The van der Waals surface area contributed by atoms with Gasteiger partial charge in [-0.3, -0.25) is 0 Å². The summed E-state index contributed by atoms with van der Waals surface area (Å²) in [5.74, 6) is 0. The van der Waals surface area contributed by atoms with Crippen LogP contribution >= 0.6 is 38.6 Å². The number of hydrogen-bond donors (Lipinski definition) is 1. The highest BCUT2D eigenvalue weighted by atomic mass is 79.9. The Morgan fingerprint density at radius 2 is 2.21 bits per heavy atom.